The Balaban J connectivity index is 0.888. The molecule has 26 heteroatoms. The lowest BCUT2D eigenvalue weighted by Gasteiger charge is -2.31. The molecule has 488 valence electrons. The lowest BCUT2D eigenvalue weighted by Crippen LogP contribution is -2.53. The normalized spacial score (nSPS) is 17.8. The number of alkyl halides is 1. The maximum Gasteiger partial charge on any atom is 0.416 e. The zero-order chi connectivity index (χ0) is 64.7. The third kappa shape index (κ3) is 19.3. The number of benzene rings is 3. The lowest BCUT2D eigenvalue weighted by atomic mass is 10.0. The van der Waals surface area contributed by atoms with E-state index in [0.717, 1.165) is 16.0 Å². The number of fused-ring (bicyclic) bond motifs is 4. The van der Waals surface area contributed by atoms with Crippen molar-refractivity contribution in [1.82, 2.24) is 25.8 Å². The first-order chi connectivity index (χ1) is 43.5. The Morgan fingerprint density at radius 1 is 0.722 bits per heavy atom. The molecule has 6 amide bonds. The maximum atomic E-state index is 14.4. The van der Waals surface area contributed by atoms with Gasteiger partial charge in [-0.15, -0.1) is 0 Å². The van der Waals surface area contributed by atoms with E-state index in [1.54, 1.807) is 67.6 Å². The molecule has 3 aromatic carbocycles. The molecular formula is C64H83IN8O17. The van der Waals surface area contributed by atoms with Crippen molar-refractivity contribution >= 4 is 81.5 Å². The number of aliphatic imine (C=N–C) groups is 1. The Hall–Kier alpha value is -7.44. The summed E-state index contributed by atoms with van der Waals surface area (Å²) < 4.78 is 52.1. The van der Waals surface area contributed by atoms with Crippen molar-refractivity contribution in [3.8, 4) is 23.0 Å². The molecule has 90 heavy (non-hydrogen) atoms. The summed E-state index contributed by atoms with van der Waals surface area (Å²) >= 11 is 2.09. The van der Waals surface area contributed by atoms with Crippen LogP contribution in [0, 0.1) is 5.92 Å². The van der Waals surface area contributed by atoms with Crippen molar-refractivity contribution in [2.75, 3.05) is 101 Å². The van der Waals surface area contributed by atoms with Crippen LogP contribution in [0.4, 0.5) is 21.9 Å². The summed E-state index contributed by atoms with van der Waals surface area (Å²) in [5, 5.41) is 32.7. The van der Waals surface area contributed by atoms with Crippen molar-refractivity contribution in [2.45, 2.75) is 104 Å². The number of ether oxygens (including phenoxy) is 9. The first-order valence-electron chi connectivity index (χ1n) is 30.0. The van der Waals surface area contributed by atoms with E-state index in [1.807, 2.05) is 44.4 Å². The minimum Gasteiger partial charge on any atom is -0.493 e. The topological polar surface area (TPSA) is 296 Å². The van der Waals surface area contributed by atoms with E-state index >= 15 is 0 Å². The number of anilines is 2. The molecule has 4 heterocycles. The number of methoxy groups -OCH3 is 2. The van der Waals surface area contributed by atoms with E-state index in [-0.39, 0.29) is 86.5 Å². The van der Waals surface area contributed by atoms with Crippen LogP contribution < -0.4 is 45.1 Å². The Labute approximate surface area is 538 Å². The van der Waals surface area contributed by atoms with Gasteiger partial charge in [0.2, 0.25) is 17.7 Å². The number of hydrogen-bond donors (Lipinski definition) is 6. The van der Waals surface area contributed by atoms with Crippen LogP contribution in [0.1, 0.15) is 86.6 Å². The van der Waals surface area contributed by atoms with Crippen molar-refractivity contribution in [3.63, 3.8) is 0 Å². The number of allylic oxidation sites excluding steroid dienone is 4. The number of halogens is 1. The summed E-state index contributed by atoms with van der Waals surface area (Å²) in [7, 11) is 2.91. The highest BCUT2D eigenvalue weighted by Crippen LogP contribution is 2.43. The molecule has 25 nitrogen and oxygen atoms in total. The van der Waals surface area contributed by atoms with Crippen LogP contribution in [0.5, 0.6) is 23.0 Å². The largest absolute Gasteiger partial charge is 0.493 e. The summed E-state index contributed by atoms with van der Waals surface area (Å²) in [6, 6.07) is 9.67. The minimum atomic E-state index is -1.57. The van der Waals surface area contributed by atoms with Gasteiger partial charge in [0.05, 0.1) is 115 Å². The number of amides is 6. The zero-order valence-electron chi connectivity index (χ0n) is 51.9. The van der Waals surface area contributed by atoms with Gasteiger partial charge in [-0.1, -0.05) is 72.9 Å². The molecule has 0 bridgehead atoms. The second-order valence-electron chi connectivity index (χ2n) is 21.6. The fraction of sp³-hybridized carbons (Fsp3) is 0.484. The molecule has 6 N–H and O–H groups in total. The molecular weight excluding hydrogens is 1280 g/mol. The van der Waals surface area contributed by atoms with Crippen molar-refractivity contribution in [2.24, 2.45) is 10.9 Å². The van der Waals surface area contributed by atoms with Crippen LogP contribution in [-0.2, 0) is 44.7 Å². The highest BCUT2D eigenvalue weighted by molar-refractivity contribution is 14.1. The van der Waals surface area contributed by atoms with Gasteiger partial charge in [0.15, 0.2) is 29.2 Å². The highest BCUT2D eigenvalue weighted by atomic mass is 127. The third-order valence-corrected chi connectivity index (χ3v) is 15.5. The van der Waals surface area contributed by atoms with Gasteiger partial charge in [0.25, 0.3) is 11.8 Å². The van der Waals surface area contributed by atoms with Gasteiger partial charge in [-0.05, 0) is 80.5 Å². The van der Waals surface area contributed by atoms with Gasteiger partial charge in [0.1, 0.15) is 24.9 Å². The molecule has 4 aliphatic heterocycles. The predicted octanol–water partition coefficient (Wildman–Crippen LogP) is 6.48. The van der Waals surface area contributed by atoms with Crippen LogP contribution in [0.15, 0.2) is 101 Å². The number of hydrogen-bond acceptors (Lipinski definition) is 19. The first-order valence-corrected chi connectivity index (χ1v) is 31.5. The first kappa shape index (κ1) is 70.0. The van der Waals surface area contributed by atoms with Crippen LogP contribution in [-0.4, -0.2) is 190 Å². The average Bonchev–Trinajstić information content (AvgIpc) is 1.62. The number of rotatable bonds is 35. The van der Waals surface area contributed by atoms with Gasteiger partial charge in [-0.2, -0.15) is 0 Å². The highest BCUT2D eigenvalue weighted by Gasteiger charge is 2.45. The van der Waals surface area contributed by atoms with Crippen molar-refractivity contribution in [3.05, 3.63) is 113 Å². The van der Waals surface area contributed by atoms with E-state index in [2.05, 4.69) is 48.9 Å². The molecule has 0 saturated heterocycles. The monoisotopic (exact) mass is 1360 g/mol. The summed E-state index contributed by atoms with van der Waals surface area (Å²) in [5.74, 6) is -1.36. The molecule has 6 atom stereocenters. The average molecular weight is 1360 g/mol. The molecule has 1 unspecified atom stereocenters. The SMILES string of the molecule is C/C=C/C1=CN2C(=O)c3cc(OC)c(OCCCOc4cc5c(cc4OC)C(=O)N4C=C(/C=C/C)C[C@H]4[C@H](O)N5C(=O)OCc4ccc(NC(=O)[C@H](C)NC(=O)[C@@H](NC(=O)CCOCCOCCOCCOCCNC(O)CI)C(C)C)cc4)cc3N=C[C@@H]2C1. The smallest absolute Gasteiger partial charge is 0.416 e. The van der Waals surface area contributed by atoms with Crippen molar-refractivity contribution in [1.29, 1.82) is 0 Å². The number of carbonyl (C=O) groups excluding carboxylic acids is 6. The minimum absolute atomic E-state index is 0.00211. The molecule has 0 aromatic heterocycles. The quantitative estimate of drug-likeness (QED) is 0.0159. The predicted molar refractivity (Wildman–Crippen MR) is 344 cm³/mol. The standard InChI is InChI=1S/C64H83IN8O17/c1-8-11-43-29-46-36-67-49-33-54(52(82-6)31-47(49)61(78)71(46)37-43)88-19-10-20-89-55-34-50-48(32-53(55)83-7)62(79)72-38-44(12-9-2)30-51(72)63(80)73(50)64(81)90-39-42-13-15-45(16-14-42)69-59(76)41(5)68-60(77)58(40(3)4)70-56(74)17-21-84-23-25-86-27-28-87-26-24-85-22-18-66-57(75)35-65/h8-9,11-16,31-34,36-38,40-41,46,51,57-58,63,66,75,80H,10,17-30,35,39H2,1-7H3,(H,68,77)(H,69,76)(H,70,74)/b11-8+,12-9+/t41-,46-,51-,57?,58-,63-/m0/s1. The molecule has 0 aliphatic carbocycles. The Morgan fingerprint density at radius 2 is 1.31 bits per heavy atom. The van der Waals surface area contributed by atoms with E-state index in [1.165, 1.54) is 38.2 Å². The molecule has 3 aromatic rings. The Bertz CT molecular complexity index is 3120. The number of aliphatic hydroxyl groups is 2. The van der Waals surface area contributed by atoms with Gasteiger partial charge in [-0.3, -0.25) is 34.3 Å². The van der Waals surface area contributed by atoms with Crippen LogP contribution >= 0.6 is 22.6 Å². The Morgan fingerprint density at radius 3 is 1.93 bits per heavy atom. The van der Waals surface area contributed by atoms with Crippen LogP contribution in [0.3, 0.4) is 0 Å². The summed E-state index contributed by atoms with van der Waals surface area (Å²) in [4.78, 5) is 90.7. The van der Waals surface area contributed by atoms with Gasteiger partial charge >= 0.3 is 6.09 Å². The maximum absolute atomic E-state index is 14.4. The second-order valence-corrected chi connectivity index (χ2v) is 22.5. The van der Waals surface area contributed by atoms with E-state index in [0.29, 0.717) is 97.5 Å². The number of carbonyl (C=O) groups is 6. The fourth-order valence-corrected chi connectivity index (χ4v) is 10.3. The van der Waals surface area contributed by atoms with E-state index in [4.69, 9.17) is 42.6 Å². The summed E-state index contributed by atoms with van der Waals surface area (Å²) in [5.41, 5.74) is 3.60. The van der Waals surface area contributed by atoms with Crippen LogP contribution in [0.2, 0.25) is 0 Å². The molecule has 0 fully saturated rings. The number of nitrogens with zero attached hydrogens (tertiary/aromatic N) is 4. The van der Waals surface area contributed by atoms with Gasteiger partial charge < -0.3 is 78.6 Å². The molecule has 0 spiro atoms. The van der Waals surface area contributed by atoms with E-state index < -0.39 is 60.3 Å². The second kappa shape index (κ2) is 35.2. The van der Waals surface area contributed by atoms with Crippen molar-refractivity contribution < 1.29 is 81.6 Å². The van der Waals surface area contributed by atoms with Gasteiger partial charge in [0, 0.05) is 60.2 Å². The van der Waals surface area contributed by atoms with E-state index in [9.17, 15) is 39.0 Å². The number of nitrogens with one attached hydrogen (secondary N) is 4. The summed E-state index contributed by atoms with van der Waals surface area (Å²) in [6.07, 6.45) is 11.0. The fourth-order valence-electron chi connectivity index (χ4n) is 10.0. The lowest BCUT2D eigenvalue weighted by molar-refractivity contribution is -0.132. The molecule has 0 saturated carbocycles. The molecule has 7 rings (SSSR count). The Kier molecular flexibility index (Phi) is 27.4. The molecule has 0 radical (unpaired) electrons. The summed E-state index contributed by atoms with van der Waals surface area (Å²) in [6.45, 7) is 12.1. The third-order valence-electron chi connectivity index (χ3n) is 14.7. The molecule has 4 aliphatic rings. The number of aliphatic hydroxyl groups excluding tert-OH is 2. The van der Waals surface area contributed by atoms with Crippen LogP contribution in [0.25, 0.3) is 0 Å². The zero-order valence-corrected chi connectivity index (χ0v) is 54.1. The van der Waals surface area contributed by atoms with Gasteiger partial charge in [-0.25, -0.2) is 9.69 Å².